The molecule has 1 heterocycles. The van der Waals surface area contributed by atoms with E-state index in [9.17, 15) is 0 Å². The van der Waals surface area contributed by atoms with Crippen LogP contribution in [0.3, 0.4) is 0 Å². The van der Waals surface area contributed by atoms with Crippen molar-refractivity contribution in [2.75, 3.05) is 0 Å². The van der Waals surface area contributed by atoms with Crippen molar-refractivity contribution in [3.8, 4) is 0 Å². The molecule has 0 saturated carbocycles. The molecule has 1 saturated heterocycles. The molecule has 1 aliphatic rings. The van der Waals surface area contributed by atoms with Crippen molar-refractivity contribution < 1.29 is 4.74 Å². The molecule has 2 rings (SSSR count). The van der Waals surface area contributed by atoms with Gasteiger partial charge in [0.15, 0.2) is 0 Å². The number of aryl methyl sites for hydroxylation is 2. The van der Waals surface area contributed by atoms with Crippen LogP contribution in [0.25, 0.3) is 0 Å². The number of hydrogen-bond donors (Lipinski definition) is 0. The van der Waals surface area contributed by atoms with Gasteiger partial charge in [-0.05, 0) is 0 Å². The molecule has 2 heteroatoms. The van der Waals surface area contributed by atoms with E-state index >= 15 is 0 Å². The molecule has 0 radical (unpaired) electrons. The molecule has 0 aliphatic carbocycles. The minimum atomic E-state index is 0.514. The van der Waals surface area contributed by atoms with Gasteiger partial charge in [0.2, 0.25) is 0 Å². The van der Waals surface area contributed by atoms with Gasteiger partial charge in [-0.1, -0.05) is 0 Å². The Kier molecular flexibility index (Phi) is 5.13. The Morgan fingerprint density at radius 2 is 1.76 bits per heavy atom. The summed E-state index contributed by atoms with van der Waals surface area (Å²) in [6.45, 7) is 2.14. The number of benzene rings is 1. The summed E-state index contributed by atoms with van der Waals surface area (Å²) in [5, 5.41) is 1.31. The molecule has 1 aromatic carbocycles. The van der Waals surface area contributed by atoms with E-state index in [1.807, 2.05) is 16.9 Å². The van der Waals surface area contributed by atoms with Crippen LogP contribution in [0.15, 0.2) is 24.3 Å². The molecular formula is C15H23AsO. The fourth-order valence-electron chi connectivity index (χ4n) is 2.47. The van der Waals surface area contributed by atoms with Crippen molar-refractivity contribution in [2.24, 2.45) is 0 Å². The van der Waals surface area contributed by atoms with Crippen LogP contribution in [0.1, 0.15) is 36.8 Å². The number of ether oxygens (including phenoxy) is 1. The van der Waals surface area contributed by atoms with Crippen LogP contribution < -0.4 is 0 Å². The van der Waals surface area contributed by atoms with Gasteiger partial charge < -0.3 is 0 Å². The fraction of sp³-hybridized carbons (Fsp3) is 0.600. The summed E-state index contributed by atoms with van der Waals surface area (Å²) in [4.78, 5) is 0. The van der Waals surface area contributed by atoms with Gasteiger partial charge in [0.05, 0.1) is 0 Å². The second kappa shape index (κ2) is 6.61. The third-order valence-electron chi connectivity index (χ3n) is 3.56. The summed E-state index contributed by atoms with van der Waals surface area (Å²) in [5.74, 6) is 0. The van der Waals surface area contributed by atoms with Crippen molar-refractivity contribution in [3.63, 3.8) is 0 Å². The Morgan fingerprint density at radius 1 is 1.12 bits per heavy atom. The number of rotatable bonds is 5. The van der Waals surface area contributed by atoms with Crippen molar-refractivity contribution in [1.82, 2.24) is 0 Å². The van der Waals surface area contributed by atoms with Gasteiger partial charge in [-0.2, -0.15) is 0 Å². The van der Waals surface area contributed by atoms with E-state index in [-0.39, 0.29) is 0 Å². The zero-order valence-electron chi connectivity index (χ0n) is 10.7. The van der Waals surface area contributed by atoms with Crippen LogP contribution in [0.5, 0.6) is 0 Å². The van der Waals surface area contributed by atoms with E-state index in [2.05, 4.69) is 31.2 Å². The third kappa shape index (κ3) is 4.15. The van der Waals surface area contributed by atoms with Crippen LogP contribution in [0.2, 0.25) is 5.21 Å². The Labute approximate surface area is 113 Å². The zero-order chi connectivity index (χ0) is 12.1. The second-order valence-electron chi connectivity index (χ2n) is 5.06. The Morgan fingerprint density at radius 3 is 2.41 bits per heavy atom. The molecule has 3 atom stereocenters. The Hall–Kier alpha value is -0.262. The Bertz CT molecular complexity index is 333. The molecule has 3 unspecified atom stereocenters. The molecule has 1 fully saturated rings. The number of hydrogen-bond acceptors (Lipinski definition) is 1. The van der Waals surface area contributed by atoms with Gasteiger partial charge >= 0.3 is 113 Å². The van der Waals surface area contributed by atoms with Gasteiger partial charge in [-0.3, -0.25) is 0 Å². The maximum absolute atomic E-state index is 6.06. The summed E-state index contributed by atoms with van der Waals surface area (Å²) in [7, 11) is 0. The SMILES string of the molecule is Cc1ccc(CCC2CCC(CC[AsH2])O2)cc1. The molecule has 0 spiro atoms. The van der Waals surface area contributed by atoms with Crippen molar-refractivity contribution in [1.29, 1.82) is 0 Å². The van der Waals surface area contributed by atoms with Crippen LogP contribution in [-0.4, -0.2) is 29.1 Å². The van der Waals surface area contributed by atoms with E-state index < -0.39 is 0 Å². The van der Waals surface area contributed by atoms with E-state index in [4.69, 9.17) is 4.74 Å². The van der Waals surface area contributed by atoms with Gasteiger partial charge in [-0.25, -0.2) is 0 Å². The summed E-state index contributed by atoms with van der Waals surface area (Å²) < 4.78 is 6.06. The fourth-order valence-corrected chi connectivity index (χ4v) is 3.25. The third-order valence-corrected chi connectivity index (χ3v) is 4.26. The van der Waals surface area contributed by atoms with Gasteiger partial charge in [-0.15, -0.1) is 0 Å². The van der Waals surface area contributed by atoms with Gasteiger partial charge in [0, 0.05) is 0 Å². The molecule has 1 aromatic rings. The molecule has 1 aliphatic heterocycles. The molecule has 0 aromatic heterocycles. The average Bonchev–Trinajstić information content (AvgIpc) is 2.77. The first-order valence-corrected chi connectivity index (χ1v) is 8.40. The standard InChI is InChI=1S/C15H23AsO/c1-12-2-4-13(5-3-12)6-7-14-8-9-15(17-14)10-11-16/h2-5,14-15H,6-11,16H2,1H3. The second-order valence-corrected chi connectivity index (χ2v) is 6.27. The normalized spacial score (nSPS) is 24.1. The first-order valence-electron chi connectivity index (χ1n) is 6.69. The molecular weight excluding hydrogens is 271 g/mol. The summed E-state index contributed by atoms with van der Waals surface area (Å²) in [6, 6.07) is 8.90. The quantitative estimate of drug-likeness (QED) is 0.759. The molecule has 0 amide bonds. The van der Waals surface area contributed by atoms with E-state index in [1.54, 1.807) is 0 Å². The molecule has 1 nitrogen and oxygen atoms in total. The molecule has 94 valence electrons. The van der Waals surface area contributed by atoms with Gasteiger partial charge in [0.25, 0.3) is 0 Å². The van der Waals surface area contributed by atoms with Crippen LogP contribution in [-0.2, 0) is 11.2 Å². The van der Waals surface area contributed by atoms with Crippen LogP contribution in [0.4, 0.5) is 0 Å². The van der Waals surface area contributed by atoms with E-state index in [0.29, 0.717) is 12.2 Å². The average molecular weight is 294 g/mol. The van der Waals surface area contributed by atoms with E-state index in [0.717, 1.165) is 6.42 Å². The van der Waals surface area contributed by atoms with Gasteiger partial charge in [0.1, 0.15) is 0 Å². The summed E-state index contributed by atoms with van der Waals surface area (Å²) >= 11 is 1.82. The zero-order valence-corrected chi connectivity index (χ0v) is 13.1. The van der Waals surface area contributed by atoms with E-state index in [1.165, 1.54) is 42.0 Å². The molecule has 0 bridgehead atoms. The van der Waals surface area contributed by atoms with Crippen LogP contribution in [0, 0.1) is 6.92 Å². The first kappa shape index (κ1) is 13.2. The predicted molar refractivity (Wildman–Crippen MR) is 75.4 cm³/mol. The topological polar surface area (TPSA) is 9.23 Å². The molecule has 17 heavy (non-hydrogen) atoms. The van der Waals surface area contributed by atoms with Crippen molar-refractivity contribution >= 4 is 16.9 Å². The molecule has 0 N–H and O–H groups in total. The predicted octanol–water partition coefficient (Wildman–Crippen LogP) is 2.92. The van der Waals surface area contributed by atoms with Crippen molar-refractivity contribution in [2.45, 2.75) is 56.4 Å². The first-order chi connectivity index (χ1) is 8.28. The monoisotopic (exact) mass is 294 g/mol. The summed E-state index contributed by atoms with van der Waals surface area (Å²) in [6.07, 6.45) is 7.24. The van der Waals surface area contributed by atoms with Crippen LogP contribution >= 0.6 is 0 Å². The summed E-state index contributed by atoms with van der Waals surface area (Å²) in [5.41, 5.74) is 2.79. The maximum atomic E-state index is 6.06. The van der Waals surface area contributed by atoms with Crippen molar-refractivity contribution in [3.05, 3.63) is 35.4 Å². The Balaban J connectivity index is 1.74. The minimum absolute atomic E-state index is 0.514.